The predicted octanol–water partition coefficient (Wildman–Crippen LogP) is 4.19. The maximum Gasteiger partial charge on any atom is 0.339 e. The van der Waals surface area contributed by atoms with E-state index in [2.05, 4.69) is 5.32 Å². The number of carbonyl (C=O) groups is 2. The predicted molar refractivity (Wildman–Crippen MR) is 121 cm³/mol. The fourth-order valence-corrected chi connectivity index (χ4v) is 3.72. The molecule has 1 amide bonds. The van der Waals surface area contributed by atoms with Gasteiger partial charge in [-0.3, -0.25) is 14.9 Å². The van der Waals surface area contributed by atoms with Crippen LogP contribution in [0.25, 0.3) is 0 Å². The van der Waals surface area contributed by atoms with Gasteiger partial charge in [-0.25, -0.2) is 13.2 Å². The Kier molecular flexibility index (Phi) is 7.10. The Balaban J connectivity index is 1.90. The minimum atomic E-state index is -3.56. The molecular formula is C22H17ClN2O7S. The van der Waals surface area contributed by atoms with Crippen LogP contribution in [0.2, 0.25) is 5.02 Å². The van der Waals surface area contributed by atoms with E-state index < -0.39 is 38.4 Å². The van der Waals surface area contributed by atoms with Crippen LogP contribution in [0.4, 0.5) is 11.4 Å². The molecule has 1 atom stereocenters. The number of hydrogen-bond acceptors (Lipinski definition) is 7. The van der Waals surface area contributed by atoms with Gasteiger partial charge in [-0.2, -0.15) is 0 Å². The standard InChI is InChI=1S/C22H17ClN2O7S/c1-33(30,31)17-9-5-8-15(12-17)22(27)32-20(14-6-3-2-4-7-14)21(26)24-16-10-11-18(23)19(13-16)25(28)29/h2-13,20H,1H3,(H,24,26)/t20-/m1/s1. The third-order valence-corrected chi connectivity index (χ3v) is 5.90. The summed E-state index contributed by atoms with van der Waals surface area (Å²) in [6, 6.07) is 17.1. The van der Waals surface area contributed by atoms with Crippen LogP contribution in [0.3, 0.4) is 0 Å². The van der Waals surface area contributed by atoms with Crippen LogP contribution in [0, 0.1) is 10.1 Å². The summed E-state index contributed by atoms with van der Waals surface area (Å²) in [5, 5.41) is 13.5. The fourth-order valence-electron chi connectivity index (χ4n) is 2.87. The molecule has 0 heterocycles. The number of esters is 1. The summed E-state index contributed by atoms with van der Waals surface area (Å²) in [5.74, 6) is -1.70. The second-order valence-electron chi connectivity index (χ2n) is 6.91. The minimum Gasteiger partial charge on any atom is -0.444 e. The fraction of sp³-hybridized carbons (Fsp3) is 0.0909. The maximum atomic E-state index is 13.0. The van der Waals surface area contributed by atoms with Gasteiger partial charge >= 0.3 is 5.97 Å². The molecular weight excluding hydrogens is 472 g/mol. The largest absolute Gasteiger partial charge is 0.444 e. The van der Waals surface area contributed by atoms with Crippen molar-refractivity contribution in [1.29, 1.82) is 0 Å². The molecule has 1 N–H and O–H groups in total. The van der Waals surface area contributed by atoms with E-state index in [4.69, 9.17) is 16.3 Å². The number of carbonyl (C=O) groups excluding carboxylic acids is 2. The van der Waals surface area contributed by atoms with Crippen LogP contribution in [-0.4, -0.2) is 31.5 Å². The van der Waals surface area contributed by atoms with Gasteiger partial charge in [0.1, 0.15) is 5.02 Å². The van der Waals surface area contributed by atoms with Crippen LogP contribution >= 0.6 is 11.6 Å². The van der Waals surface area contributed by atoms with Gasteiger partial charge in [0.15, 0.2) is 9.84 Å². The van der Waals surface area contributed by atoms with Gasteiger partial charge in [0, 0.05) is 23.6 Å². The molecule has 0 saturated carbocycles. The Morgan fingerprint density at radius 3 is 2.36 bits per heavy atom. The molecule has 3 rings (SSSR count). The Bertz CT molecular complexity index is 1330. The molecule has 0 radical (unpaired) electrons. The van der Waals surface area contributed by atoms with Crippen LogP contribution in [0.5, 0.6) is 0 Å². The second kappa shape index (κ2) is 9.80. The van der Waals surface area contributed by atoms with Crippen molar-refractivity contribution in [1.82, 2.24) is 0 Å². The maximum absolute atomic E-state index is 13.0. The van der Waals surface area contributed by atoms with Crippen molar-refractivity contribution in [3.63, 3.8) is 0 Å². The highest BCUT2D eigenvalue weighted by molar-refractivity contribution is 7.90. The van der Waals surface area contributed by atoms with Crippen LogP contribution < -0.4 is 5.32 Å². The zero-order valence-corrected chi connectivity index (χ0v) is 18.7. The SMILES string of the molecule is CS(=O)(=O)c1cccc(C(=O)O[C@@H](C(=O)Nc2ccc(Cl)c([N+](=O)[O-])c2)c2ccccc2)c1. The molecule has 0 fully saturated rings. The van der Waals surface area contributed by atoms with Gasteiger partial charge in [-0.1, -0.05) is 48.0 Å². The molecule has 0 aliphatic heterocycles. The van der Waals surface area contributed by atoms with E-state index in [-0.39, 0.29) is 21.2 Å². The summed E-state index contributed by atoms with van der Waals surface area (Å²) in [5.41, 5.74) is -0.0488. The number of ether oxygens (including phenoxy) is 1. The first kappa shape index (κ1) is 23.9. The number of hydrogen-bond donors (Lipinski definition) is 1. The molecule has 0 aromatic heterocycles. The number of nitrogens with one attached hydrogen (secondary N) is 1. The van der Waals surface area contributed by atoms with Crippen molar-refractivity contribution in [3.8, 4) is 0 Å². The summed E-state index contributed by atoms with van der Waals surface area (Å²) < 4.78 is 29.0. The molecule has 0 aliphatic rings. The number of amides is 1. The average Bonchev–Trinajstić information content (AvgIpc) is 2.78. The number of sulfone groups is 1. The number of nitro groups is 1. The Morgan fingerprint density at radius 2 is 1.73 bits per heavy atom. The normalized spacial score (nSPS) is 11.9. The molecule has 3 aromatic rings. The topological polar surface area (TPSA) is 133 Å². The van der Waals surface area contributed by atoms with Crippen LogP contribution in [-0.2, 0) is 19.4 Å². The lowest BCUT2D eigenvalue weighted by atomic mass is 10.1. The second-order valence-corrected chi connectivity index (χ2v) is 9.33. The molecule has 11 heteroatoms. The highest BCUT2D eigenvalue weighted by atomic mass is 35.5. The molecule has 9 nitrogen and oxygen atoms in total. The number of rotatable bonds is 7. The lowest BCUT2D eigenvalue weighted by molar-refractivity contribution is -0.384. The molecule has 3 aromatic carbocycles. The lowest BCUT2D eigenvalue weighted by Crippen LogP contribution is -2.26. The molecule has 0 bridgehead atoms. The average molecular weight is 489 g/mol. The van der Waals surface area contributed by atoms with E-state index in [1.807, 2.05) is 0 Å². The summed E-state index contributed by atoms with van der Waals surface area (Å²) in [6.45, 7) is 0. The third kappa shape index (κ3) is 5.93. The number of nitrogens with zero attached hydrogens (tertiary/aromatic N) is 1. The minimum absolute atomic E-state index is 0.0613. The van der Waals surface area contributed by atoms with E-state index >= 15 is 0 Å². The summed E-state index contributed by atoms with van der Waals surface area (Å²) in [6.07, 6.45) is -0.418. The van der Waals surface area contributed by atoms with Gasteiger partial charge in [-0.15, -0.1) is 0 Å². The quantitative estimate of drug-likeness (QED) is 0.299. The molecule has 0 spiro atoms. The third-order valence-electron chi connectivity index (χ3n) is 4.47. The van der Waals surface area contributed by atoms with E-state index in [0.717, 1.165) is 18.4 Å². The summed E-state index contributed by atoms with van der Waals surface area (Å²) >= 11 is 5.80. The first-order valence-corrected chi connectivity index (χ1v) is 11.6. The number of benzene rings is 3. The van der Waals surface area contributed by atoms with Gasteiger partial charge in [0.25, 0.3) is 11.6 Å². The summed E-state index contributed by atoms with van der Waals surface area (Å²) in [7, 11) is -3.56. The molecule has 170 valence electrons. The molecule has 0 saturated heterocycles. The highest BCUT2D eigenvalue weighted by Gasteiger charge is 2.27. The zero-order valence-electron chi connectivity index (χ0n) is 17.1. The van der Waals surface area contributed by atoms with E-state index in [1.54, 1.807) is 30.3 Å². The van der Waals surface area contributed by atoms with Gasteiger partial charge in [0.05, 0.1) is 15.4 Å². The van der Waals surface area contributed by atoms with Crippen LogP contribution in [0.1, 0.15) is 22.0 Å². The smallest absolute Gasteiger partial charge is 0.339 e. The molecule has 33 heavy (non-hydrogen) atoms. The zero-order chi connectivity index (χ0) is 24.2. The van der Waals surface area contributed by atoms with Crippen molar-refractivity contribution in [2.24, 2.45) is 0 Å². The van der Waals surface area contributed by atoms with Crippen LogP contribution in [0.15, 0.2) is 77.7 Å². The number of anilines is 1. The Morgan fingerprint density at radius 1 is 1.03 bits per heavy atom. The van der Waals surface area contributed by atoms with Gasteiger partial charge in [0.2, 0.25) is 6.10 Å². The van der Waals surface area contributed by atoms with Gasteiger partial charge in [-0.05, 0) is 30.3 Å². The lowest BCUT2D eigenvalue weighted by Gasteiger charge is -2.18. The number of nitro benzene ring substituents is 1. The van der Waals surface area contributed by atoms with Crippen molar-refractivity contribution in [2.45, 2.75) is 11.0 Å². The van der Waals surface area contributed by atoms with E-state index in [9.17, 15) is 28.1 Å². The van der Waals surface area contributed by atoms with Crippen molar-refractivity contribution >= 4 is 44.7 Å². The highest BCUT2D eigenvalue weighted by Crippen LogP contribution is 2.29. The number of halogens is 1. The van der Waals surface area contributed by atoms with Crippen molar-refractivity contribution < 1.29 is 27.7 Å². The first-order chi connectivity index (χ1) is 15.6. The molecule has 0 unspecified atom stereocenters. The van der Waals surface area contributed by atoms with E-state index in [1.165, 1.54) is 30.3 Å². The monoisotopic (exact) mass is 488 g/mol. The van der Waals surface area contributed by atoms with E-state index in [0.29, 0.717) is 5.56 Å². The van der Waals surface area contributed by atoms with Crippen molar-refractivity contribution in [3.05, 3.63) is 99.1 Å². The van der Waals surface area contributed by atoms with Crippen molar-refractivity contribution in [2.75, 3.05) is 11.6 Å². The Hall–Kier alpha value is -3.76. The summed E-state index contributed by atoms with van der Waals surface area (Å²) in [4.78, 5) is 36.1. The first-order valence-electron chi connectivity index (χ1n) is 9.37. The Labute approximate surface area is 194 Å². The van der Waals surface area contributed by atoms with Gasteiger partial charge < -0.3 is 10.1 Å². The molecule has 0 aliphatic carbocycles.